The number of rotatable bonds is 2. The molecule has 0 radical (unpaired) electrons. The molecule has 27 heavy (non-hydrogen) atoms. The molecular formula is C21H20F2N4. The van der Waals surface area contributed by atoms with E-state index < -0.39 is 11.6 Å². The van der Waals surface area contributed by atoms with Crippen LogP contribution in [0.2, 0.25) is 0 Å². The summed E-state index contributed by atoms with van der Waals surface area (Å²) in [6.07, 6.45) is 0. The lowest BCUT2D eigenvalue weighted by atomic mass is 10.0. The predicted octanol–water partition coefficient (Wildman–Crippen LogP) is 4.19. The second-order valence-corrected chi connectivity index (χ2v) is 6.78. The summed E-state index contributed by atoms with van der Waals surface area (Å²) in [6.45, 7) is 2.25. The van der Waals surface area contributed by atoms with Gasteiger partial charge in [0, 0.05) is 42.6 Å². The van der Waals surface area contributed by atoms with E-state index in [0.29, 0.717) is 18.1 Å². The van der Waals surface area contributed by atoms with Crippen LogP contribution in [0.25, 0.3) is 11.3 Å². The molecule has 4 nitrogen and oxygen atoms in total. The molecule has 1 aliphatic heterocycles. The molecule has 3 aromatic rings. The molecule has 2 aromatic carbocycles. The molecule has 2 N–H and O–H groups in total. The van der Waals surface area contributed by atoms with Crippen molar-refractivity contribution in [1.29, 1.82) is 0 Å². The maximum Gasteiger partial charge on any atom is 0.160 e. The fourth-order valence-corrected chi connectivity index (χ4v) is 3.43. The van der Waals surface area contributed by atoms with Crippen LogP contribution >= 0.6 is 0 Å². The first-order valence-electron chi connectivity index (χ1n) is 8.78. The van der Waals surface area contributed by atoms with Gasteiger partial charge in [0.2, 0.25) is 0 Å². The molecule has 0 saturated heterocycles. The molecule has 0 atom stereocenters. The number of aromatic nitrogens is 1. The van der Waals surface area contributed by atoms with E-state index in [1.165, 1.54) is 12.1 Å². The molecule has 4 rings (SSSR count). The summed E-state index contributed by atoms with van der Waals surface area (Å²) in [7, 11) is 2.05. The highest BCUT2D eigenvalue weighted by Gasteiger charge is 2.21. The standard InChI is InChI=1S/C21H20F2N4/c1-26-9-10-27(16-6-7-17(22)18(23)12-16)20-8-5-14(11-15(20)13-26)19-3-2-4-21(24)25-19/h2-8,11-12H,9-10,13H2,1H3,(H2,24,25). The molecule has 138 valence electrons. The second kappa shape index (κ2) is 6.96. The van der Waals surface area contributed by atoms with Gasteiger partial charge >= 0.3 is 0 Å². The first kappa shape index (κ1) is 17.4. The van der Waals surface area contributed by atoms with Gasteiger partial charge in [-0.3, -0.25) is 0 Å². The van der Waals surface area contributed by atoms with Crippen molar-refractivity contribution in [3.63, 3.8) is 0 Å². The number of benzene rings is 2. The first-order valence-corrected chi connectivity index (χ1v) is 8.78. The van der Waals surface area contributed by atoms with Crippen molar-refractivity contribution in [1.82, 2.24) is 9.88 Å². The third kappa shape index (κ3) is 3.48. The number of nitrogens with zero attached hydrogens (tertiary/aromatic N) is 3. The number of anilines is 3. The summed E-state index contributed by atoms with van der Waals surface area (Å²) in [5.41, 5.74) is 10.3. The van der Waals surface area contributed by atoms with Gasteiger partial charge in [-0.2, -0.15) is 0 Å². The molecule has 1 aliphatic rings. The van der Waals surface area contributed by atoms with Gasteiger partial charge in [0.05, 0.1) is 5.69 Å². The van der Waals surface area contributed by atoms with Crippen molar-refractivity contribution >= 4 is 17.2 Å². The number of hydrogen-bond acceptors (Lipinski definition) is 4. The number of fused-ring (bicyclic) bond motifs is 1. The van der Waals surface area contributed by atoms with E-state index in [2.05, 4.69) is 16.0 Å². The van der Waals surface area contributed by atoms with Crippen LogP contribution in [0.4, 0.5) is 26.0 Å². The maximum absolute atomic E-state index is 13.8. The van der Waals surface area contributed by atoms with E-state index in [9.17, 15) is 8.78 Å². The minimum absolute atomic E-state index is 0.475. The Bertz CT molecular complexity index is 990. The average Bonchev–Trinajstić information content (AvgIpc) is 2.81. The highest BCUT2D eigenvalue weighted by molar-refractivity contribution is 5.72. The van der Waals surface area contributed by atoms with Gasteiger partial charge in [-0.15, -0.1) is 0 Å². The van der Waals surface area contributed by atoms with Gasteiger partial charge in [0.1, 0.15) is 5.82 Å². The lowest BCUT2D eigenvalue weighted by Crippen LogP contribution is -2.26. The molecule has 0 saturated carbocycles. The Morgan fingerprint density at radius 3 is 2.59 bits per heavy atom. The Hall–Kier alpha value is -2.99. The van der Waals surface area contributed by atoms with Crippen molar-refractivity contribution in [2.24, 2.45) is 0 Å². The fraction of sp³-hybridized carbons (Fsp3) is 0.190. The monoisotopic (exact) mass is 366 g/mol. The number of nitrogens with two attached hydrogens (primary N) is 1. The Balaban J connectivity index is 1.79. The average molecular weight is 366 g/mol. The zero-order valence-electron chi connectivity index (χ0n) is 15.0. The van der Waals surface area contributed by atoms with Crippen LogP contribution in [-0.2, 0) is 6.54 Å². The molecule has 0 unspecified atom stereocenters. The van der Waals surface area contributed by atoms with Crippen LogP contribution in [0, 0.1) is 11.6 Å². The largest absolute Gasteiger partial charge is 0.384 e. The Labute approximate surface area is 156 Å². The number of hydrogen-bond donors (Lipinski definition) is 1. The quantitative estimate of drug-likeness (QED) is 0.739. The van der Waals surface area contributed by atoms with Crippen molar-refractivity contribution in [3.05, 3.63) is 71.8 Å². The summed E-state index contributed by atoms with van der Waals surface area (Å²) >= 11 is 0. The molecule has 0 spiro atoms. The van der Waals surface area contributed by atoms with E-state index in [1.54, 1.807) is 12.1 Å². The Morgan fingerprint density at radius 1 is 0.963 bits per heavy atom. The molecular weight excluding hydrogens is 346 g/mol. The zero-order valence-corrected chi connectivity index (χ0v) is 15.0. The van der Waals surface area contributed by atoms with Crippen molar-refractivity contribution in [3.8, 4) is 11.3 Å². The summed E-state index contributed by atoms with van der Waals surface area (Å²) in [5, 5.41) is 0. The smallest absolute Gasteiger partial charge is 0.160 e. The van der Waals surface area contributed by atoms with Gasteiger partial charge in [-0.25, -0.2) is 13.8 Å². The fourth-order valence-electron chi connectivity index (χ4n) is 3.43. The van der Waals surface area contributed by atoms with Gasteiger partial charge in [0.25, 0.3) is 0 Å². The van der Waals surface area contributed by atoms with Crippen LogP contribution in [0.1, 0.15) is 5.56 Å². The number of halogens is 2. The topological polar surface area (TPSA) is 45.4 Å². The van der Waals surface area contributed by atoms with Gasteiger partial charge in [-0.05, 0) is 49.0 Å². The van der Waals surface area contributed by atoms with Crippen LogP contribution in [0.3, 0.4) is 0 Å². The van der Waals surface area contributed by atoms with Crippen LogP contribution in [0.15, 0.2) is 54.6 Å². The minimum atomic E-state index is -0.841. The highest BCUT2D eigenvalue weighted by atomic mass is 19.2. The number of likely N-dealkylation sites (N-methyl/N-ethyl adjacent to an activating group) is 1. The van der Waals surface area contributed by atoms with Crippen LogP contribution in [0.5, 0.6) is 0 Å². The van der Waals surface area contributed by atoms with Crippen LogP contribution < -0.4 is 10.6 Å². The molecule has 2 heterocycles. The Morgan fingerprint density at radius 2 is 1.81 bits per heavy atom. The minimum Gasteiger partial charge on any atom is -0.384 e. The molecule has 0 amide bonds. The summed E-state index contributed by atoms with van der Waals surface area (Å²) in [5.74, 6) is -1.20. The molecule has 0 bridgehead atoms. The van der Waals surface area contributed by atoms with E-state index in [4.69, 9.17) is 5.73 Å². The molecule has 1 aromatic heterocycles. The SMILES string of the molecule is CN1CCN(c2ccc(F)c(F)c2)c2ccc(-c3cccc(N)n3)cc2C1. The molecule has 0 fully saturated rings. The maximum atomic E-state index is 13.8. The lowest BCUT2D eigenvalue weighted by Gasteiger charge is -2.25. The van der Waals surface area contributed by atoms with Crippen LogP contribution in [-0.4, -0.2) is 30.0 Å². The van der Waals surface area contributed by atoms with E-state index in [0.717, 1.165) is 35.6 Å². The van der Waals surface area contributed by atoms with Gasteiger partial charge in [-0.1, -0.05) is 12.1 Å². The van der Waals surface area contributed by atoms with Gasteiger partial charge < -0.3 is 15.5 Å². The predicted molar refractivity (Wildman–Crippen MR) is 104 cm³/mol. The third-order valence-electron chi connectivity index (χ3n) is 4.80. The summed E-state index contributed by atoms with van der Waals surface area (Å²) in [4.78, 5) is 8.62. The highest BCUT2D eigenvalue weighted by Crippen LogP contribution is 2.34. The van der Waals surface area contributed by atoms with Crippen molar-refractivity contribution < 1.29 is 8.78 Å². The number of nitrogen functional groups attached to an aromatic ring is 1. The van der Waals surface area contributed by atoms with Crippen molar-refractivity contribution in [2.75, 3.05) is 30.8 Å². The van der Waals surface area contributed by atoms with Crippen molar-refractivity contribution in [2.45, 2.75) is 6.54 Å². The normalized spacial score (nSPS) is 14.7. The summed E-state index contributed by atoms with van der Waals surface area (Å²) < 4.78 is 27.1. The van der Waals surface area contributed by atoms with E-state index in [1.807, 2.05) is 36.2 Å². The molecule has 6 heteroatoms. The molecule has 0 aliphatic carbocycles. The Kier molecular flexibility index (Phi) is 4.49. The van der Waals surface area contributed by atoms with E-state index >= 15 is 0 Å². The zero-order chi connectivity index (χ0) is 19.0. The van der Waals surface area contributed by atoms with Gasteiger partial charge in [0.15, 0.2) is 11.6 Å². The second-order valence-electron chi connectivity index (χ2n) is 6.78. The number of pyridine rings is 1. The van der Waals surface area contributed by atoms with E-state index in [-0.39, 0.29) is 0 Å². The third-order valence-corrected chi connectivity index (χ3v) is 4.80. The lowest BCUT2D eigenvalue weighted by molar-refractivity contribution is 0.343. The summed E-state index contributed by atoms with van der Waals surface area (Å²) in [6, 6.07) is 15.7. The first-order chi connectivity index (χ1) is 13.0.